The van der Waals surface area contributed by atoms with Gasteiger partial charge in [-0.1, -0.05) is 32.3 Å². The van der Waals surface area contributed by atoms with Crippen molar-refractivity contribution in [3.8, 4) is 0 Å². The van der Waals surface area contributed by atoms with Gasteiger partial charge in [-0.15, -0.1) is 0 Å². The molecule has 0 fully saturated rings. The molecule has 0 aliphatic carbocycles. The zero-order valence-electron chi connectivity index (χ0n) is 18.2. The fourth-order valence-electron chi connectivity index (χ4n) is 2.83. The highest BCUT2D eigenvalue weighted by Gasteiger charge is 2.31. The van der Waals surface area contributed by atoms with Crippen LogP contribution in [0.4, 0.5) is 0 Å². The Morgan fingerprint density at radius 3 is 1.44 bits per heavy atom. The van der Waals surface area contributed by atoms with Crippen LogP contribution in [0.1, 0.15) is 33.1 Å². The molecule has 0 aromatic heterocycles. The van der Waals surface area contributed by atoms with E-state index in [1.165, 1.54) is 0 Å². The quantitative estimate of drug-likeness (QED) is 0.331. The molecule has 0 heterocycles. The van der Waals surface area contributed by atoms with Gasteiger partial charge in [0.15, 0.2) is 36.2 Å². The molecule has 0 saturated heterocycles. The van der Waals surface area contributed by atoms with Crippen LogP contribution in [0.5, 0.6) is 0 Å². The number of aliphatic carboxylic acids is 2. The van der Waals surface area contributed by atoms with Gasteiger partial charge in [-0.25, -0.2) is 4.79 Å². The first-order valence-electron chi connectivity index (χ1n) is 9.67. The van der Waals surface area contributed by atoms with E-state index in [1.54, 1.807) is 0 Å². The second-order valence-electron chi connectivity index (χ2n) is 8.87. The van der Waals surface area contributed by atoms with E-state index in [4.69, 9.17) is 8.23 Å². The van der Waals surface area contributed by atoms with Crippen LogP contribution in [0, 0.1) is 0 Å². The number of carboxylic acid groups (broad SMARTS) is 2. The van der Waals surface area contributed by atoms with Gasteiger partial charge in [0.2, 0.25) is 0 Å². The zero-order valence-corrected chi connectivity index (χ0v) is 23.0. The summed E-state index contributed by atoms with van der Waals surface area (Å²) in [6, 6.07) is 0. The molecular weight excluding hydrogens is 413 g/mol. The number of allylic oxidation sites excluding steroid dienone is 1. The molecule has 158 valence electrons. The predicted molar refractivity (Wildman–Crippen MR) is 121 cm³/mol. The van der Waals surface area contributed by atoms with Gasteiger partial charge in [0.1, 0.15) is 0 Å². The van der Waals surface area contributed by atoms with E-state index in [0.29, 0.717) is 0 Å². The molecule has 2 unspecified atom stereocenters. The van der Waals surface area contributed by atoms with E-state index >= 15 is 0 Å². The molecule has 0 rings (SSSR count). The molecule has 0 spiro atoms. The van der Waals surface area contributed by atoms with Gasteiger partial charge in [-0.2, -0.15) is 0 Å². The third-order valence-electron chi connectivity index (χ3n) is 4.23. The second kappa shape index (κ2) is 11.5. The molecule has 0 aromatic carbocycles. The summed E-state index contributed by atoms with van der Waals surface area (Å²) in [4.78, 5) is 23.3. The molecule has 0 radical (unpaired) electrons. The predicted octanol–water partition coefficient (Wildman–Crippen LogP) is 3.11. The van der Waals surface area contributed by atoms with E-state index in [1.807, 2.05) is 13.8 Å². The SMILES string of the molecule is CCC([SiH2]O[Si](C)(C)C)C(=C(CC(=O)O)C(=O)O)C(CC)[SiH2]O[Si](C)(C)C. The van der Waals surface area contributed by atoms with Gasteiger partial charge >= 0.3 is 11.9 Å². The largest absolute Gasteiger partial charge is 0.481 e. The number of carboxylic acids is 2. The van der Waals surface area contributed by atoms with Crippen molar-refractivity contribution in [2.24, 2.45) is 0 Å². The first-order chi connectivity index (χ1) is 12.2. The second-order valence-corrected chi connectivity index (χ2v) is 22.3. The summed E-state index contributed by atoms with van der Waals surface area (Å²) < 4.78 is 12.4. The van der Waals surface area contributed by atoms with Crippen LogP contribution < -0.4 is 0 Å². The van der Waals surface area contributed by atoms with Gasteiger partial charge in [0.05, 0.1) is 6.42 Å². The summed E-state index contributed by atoms with van der Waals surface area (Å²) >= 11 is 0. The van der Waals surface area contributed by atoms with Gasteiger partial charge in [-0.05, 0) is 50.4 Å². The van der Waals surface area contributed by atoms with Crippen LogP contribution in [-0.2, 0) is 17.8 Å². The molecule has 27 heavy (non-hydrogen) atoms. The molecule has 0 aliphatic heterocycles. The average Bonchev–Trinajstić information content (AvgIpc) is 2.49. The number of carbonyl (C=O) groups is 2. The van der Waals surface area contributed by atoms with Crippen LogP contribution in [0.15, 0.2) is 11.1 Å². The molecule has 0 aliphatic rings. The maximum absolute atomic E-state index is 12.0. The highest BCUT2D eigenvalue weighted by Crippen LogP contribution is 2.38. The van der Waals surface area contributed by atoms with E-state index in [9.17, 15) is 19.8 Å². The average molecular weight is 451 g/mol. The number of hydrogen-bond donors (Lipinski definition) is 2. The molecule has 10 heteroatoms. The molecule has 6 nitrogen and oxygen atoms in total. The maximum Gasteiger partial charge on any atom is 0.332 e. The summed E-state index contributed by atoms with van der Waals surface area (Å²) in [6.45, 7) is 16.9. The van der Waals surface area contributed by atoms with Crippen molar-refractivity contribution in [1.82, 2.24) is 0 Å². The van der Waals surface area contributed by atoms with Crippen LogP contribution in [-0.4, -0.2) is 58.3 Å². The summed E-state index contributed by atoms with van der Waals surface area (Å²) in [5.41, 5.74) is 0.957. The molecular formula is C17H38O6Si4. The van der Waals surface area contributed by atoms with Crippen molar-refractivity contribution in [3.63, 3.8) is 0 Å². The van der Waals surface area contributed by atoms with Gasteiger partial charge in [-0.3, -0.25) is 4.79 Å². The Morgan fingerprint density at radius 2 is 1.22 bits per heavy atom. The van der Waals surface area contributed by atoms with E-state index < -0.39 is 54.5 Å². The number of hydrogen-bond acceptors (Lipinski definition) is 4. The summed E-state index contributed by atoms with van der Waals surface area (Å²) in [5, 5.41) is 19.1. The van der Waals surface area contributed by atoms with Gasteiger partial charge in [0.25, 0.3) is 0 Å². The number of rotatable bonds is 13. The minimum absolute atomic E-state index is 0.0462. The smallest absolute Gasteiger partial charge is 0.332 e. The fourth-order valence-corrected chi connectivity index (χ4v) is 10.8. The standard InChI is InChI=1S/C17H38O6Si4/c1-9-13(24-22-26(3,4)5)16(12(17(20)21)11-15(18)19)14(10-2)25-23-27(6,7)8/h13-14H,9-11,24-25H2,1-8H3,(H,18,19)(H,20,21). The third kappa shape index (κ3) is 11.1. The van der Waals surface area contributed by atoms with Gasteiger partial charge < -0.3 is 18.4 Å². The Kier molecular flexibility index (Phi) is 11.2. The Labute approximate surface area is 170 Å². The molecule has 0 amide bonds. The lowest BCUT2D eigenvalue weighted by atomic mass is 9.95. The van der Waals surface area contributed by atoms with Crippen LogP contribution in [0.3, 0.4) is 0 Å². The van der Waals surface area contributed by atoms with E-state index in [0.717, 1.165) is 18.4 Å². The normalized spacial score (nSPS) is 15.4. The van der Waals surface area contributed by atoms with E-state index in [-0.39, 0.29) is 16.7 Å². The summed E-state index contributed by atoms with van der Waals surface area (Å²) in [5.74, 6) is -2.22. The molecule has 0 saturated carbocycles. The van der Waals surface area contributed by atoms with Crippen molar-refractivity contribution in [2.75, 3.05) is 0 Å². The highest BCUT2D eigenvalue weighted by molar-refractivity contribution is 6.74. The lowest BCUT2D eigenvalue weighted by Crippen LogP contribution is -2.33. The van der Waals surface area contributed by atoms with Crippen LogP contribution >= 0.6 is 0 Å². The van der Waals surface area contributed by atoms with Crippen molar-refractivity contribution in [1.29, 1.82) is 0 Å². The maximum atomic E-state index is 12.0. The van der Waals surface area contributed by atoms with Crippen molar-refractivity contribution >= 4 is 48.1 Å². The zero-order chi connectivity index (χ0) is 21.4. The Bertz CT molecular complexity index is 509. The third-order valence-corrected chi connectivity index (χ3v) is 15.3. The molecule has 0 bridgehead atoms. The Morgan fingerprint density at radius 1 is 0.852 bits per heavy atom. The van der Waals surface area contributed by atoms with Gasteiger partial charge in [0, 0.05) is 5.57 Å². The Balaban J connectivity index is 6.08. The molecule has 2 N–H and O–H groups in total. The van der Waals surface area contributed by atoms with Crippen molar-refractivity contribution in [2.45, 2.75) is 83.5 Å². The lowest BCUT2D eigenvalue weighted by Gasteiger charge is -2.31. The lowest BCUT2D eigenvalue weighted by molar-refractivity contribution is -0.139. The molecule has 2 atom stereocenters. The topological polar surface area (TPSA) is 93.1 Å². The first-order valence-corrected chi connectivity index (χ1v) is 19.3. The highest BCUT2D eigenvalue weighted by atomic mass is 28.4. The summed E-state index contributed by atoms with van der Waals surface area (Å²) in [6.07, 6.45) is 1.11. The van der Waals surface area contributed by atoms with Crippen LogP contribution in [0.2, 0.25) is 50.4 Å². The van der Waals surface area contributed by atoms with Crippen molar-refractivity contribution < 1.29 is 28.0 Å². The fraction of sp³-hybridized carbons (Fsp3) is 0.765. The van der Waals surface area contributed by atoms with Crippen molar-refractivity contribution in [3.05, 3.63) is 11.1 Å². The minimum Gasteiger partial charge on any atom is -0.481 e. The van der Waals surface area contributed by atoms with Crippen LogP contribution in [0.25, 0.3) is 0 Å². The monoisotopic (exact) mass is 450 g/mol. The summed E-state index contributed by atoms with van der Waals surface area (Å²) in [7, 11) is -5.44. The Hall–Kier alpha value is -0.532. The van der Waals surface area contributed by atoms with E-state index in [2.05, 4.69) is 39.3 Å². The minimum atomic E-state index is -1.71. The first kappa shape index (κ1) is 26.5. The molecule has 0 aromatic rings.